The molecule has 0 amide bonds. The van der Waals surface area contributed by atoms with E-state index in [0.29, 0.717) is 0 Å². The fraction of sp³-hybridized carbons (Fsp3) is 0.0294. The molecule has 0 radical (unpaired) electrons. The number of anilines is 3. The molecule has 0 atom stereocenters. The first-order valence-corrected chi connectivity index (χ1v) is 27.2. The molecule has 72 heavy (non-hydrogen) atoms. The highest BCUT2D eigenvalue weighted by Gasteiger charge is 2.52. The summed E-state index contributed by atoms with van der Waals surface area (Å²) in [5, 5.41) is 2.63. The minimum absolute atomic E-state index is 0.503. The lowest BCUT2D eigenvalue weighted by Gasteiger charge is -2.40. The number of fused-ring (bicyclic) bond motifs is 21. The van der Waals surface area contributed by atoms with Gasteiger partial charge >= 0.3 is 0 Å². The first kappa shape index (κ1) is 40.8. The second kappa shape index (κ2) is 15.3. The van der Waals surface area contributed by atoms with Crippen LogP contribution in [0.3, 0.4) is 0 Å². The van der Waals surface area contributed by atoms with Crippen LogP contribution in [-0.2, 0) is 10.8 Å². The largest absolute Gasteiger partial charge is 0.310 e. The van der Waals surface area contributed by atoms with Gasteiger partial charge in [-0.25, -0.2) is 0 Å². The molecule has 4 heteroatoms. The number of hydrogen-bond acceptors (Lipinski definition) is 4. The van der Waals surface area contributed by atoms with E-state index >= 15 is 0 Å². The van der Waals surface area contributed by atoms with E-state index in [2.05, 4.69) is 254 Å². The predicted molar refractivity (Wildman–Crippen MR) is 302 cm³/mol. The van der Waals surface area contributed by atoms with Crippen molar-refractivity contribution in [1.29, 1.82) is 0 Å². The summed E-state index contributed by atoms with van der Waals surface area (Å²) >= 11 is 5.66. The smallest absolute Gasteiger partial charge is 0.0736 e. The summed E-state index contributed by atoms with van der Waals surface area (Å²) < 4.78 is 2.64. The van der Waals surface area contributed by atoms with Crippen LogP contribution in [0, 0.1) is 0 Å². The van der Waals surface area contributed by atoms with Gasteiger partial charge in [0.15, 0.2) is 0 Å². The normalized spacial score (nSPS) is 14.5. The van der Waals surface area contributed by atoms with Crippen molar-refractivity contribution >= 4 is 72.1 Å². The number of nitrogens with zero attached hydrogens (tertiary/aromatic N) is 1. The van der Waals surface area contributed by atoms with Crippen molar-refractivity contribution in [2.24, 2.45) is 0 Å². The Kier molecular flexibility index (Phi) is 8.69. The Labute approximate surface area is 431 Å². The molecule has 4 aliphatic rings. The van der Waals surface area contributed by atoms with E-state index in [9.17, 15) is 0 Å². The first-order chi connectivity index (χ1) is 35.7. The number of thiophene rings is 1. The summed E-state index contributed by atoms with van der Waals surface area (Å²) in [6.07, 6.45) is 0. The minimum Gasteiger partial charge on any atom is -0.310 e. The average molecular weight is 968 g/mol. The molecule has 16 rings (SSSR count). The molecule has 0 unspecified atom stereocenters. The maximum Gasteiger partial charge on any atom is 0.0736 e. The second-order valence-electron chi connectivity index (χ2n) is 19.4. The quantitative estimate of drug-likeness (QED) is 0.173. The third-order valence-electron chi connectivity index (χ3n) is 16.0. The van der Waals surface area contributed by atoms with Crippen LogP contribution in [0.15, 0.2) is 268 Å². The van der Waals surface area contributed by atoms with Crippen LogP contribution in [0.5, 0.6) is 0 Å². The van der Waals surface area contributed by atoms with E-state index < -0.39 is 10.8 Å². The van der Waals surface area contributed by atoms with Gasteiger partial charge in [0.1, 0.15) is 0 Å². The van der Waals surface area contributed by atoms with Gasteiger partial charge in [-0.15, -0.1) is 11.3 Å². The van der Waals surface area contributed by atoms with Crippen molar-refractivity contribution in [3.63, 3.8) is 0 Å². The molecule has 2 aliphatic heterocycles. The predicted octanol–water partition coefficient (Wildman–Crippen LogP) is 18.8. The third kappa shape index (κ3) is 5.41. The molecule has 2 spiro atoms. The van der Waals surface area contributed by atoms with Crippen molar-refractivity contribution in [1.82, 2.24) is 0 Å². The molecule has 11 aromatic carbocycles. The van der Waals surface area contributed by atoms with Crippen LogP contribution in [0.2, 0.25) is 0 Å². The van der Waals surface area contributed by atoms with Crippen LogP contribution >= 0.6 is 34.9 Å². The Hall–Kier alpha value is -7.86. The van der Waals surface area contributed by atoms with Crippen molar-refractivity contribution in [3.05, 3.63) is 293 Å². The van der Waals surface area contributed by atoms with Gasteiger partial charge < -0.3 is 4.90 Å². The van der Waals surface area contributed by atoms with Crippen molar-refractivity contribution in [2.45, 2.75) is 30.4 Å². The molecule has 0 N–H and O–H groups in total. The molecular formula is C68H41NS3. The summed E-state index contributed by atoms with van der Waals surface area (Å²) in [5.41, 5.74) is 20.6. The van der Waals surface area contributed by atoms with Gasteiger partial charge in [-0.2, -0.15) is 0 Å². The Morgan fingerprint density at radius 1 is 0.292 bits per heavy atom. The highest BCUT2D eigenvalue weighted by molar-refractivity contribution is 7.99. The summed E-state index contributed by atoms with van der Waals surface area (Å²) in [5.74, 6) is 0. The van der Waals surface area contributed by atoms with Crippen molar-refractivity contribution < 1.29 is 0 Å². The molecule has 1 nitrogen and oxygen atoms in total. The monoisotopic (exact) mass is 967 g/mol. The van der Waals surface area contributed by atoms with Gasteiger partial charge in [-0.05, 0) is 145 Å². The lowest BCUT2D eigenvalue weighted by atomic mass is 9.67. The molecule has 3 heterocycles. The second-order valence-corrected chi connectivity index (χ2v) is 22.7. The Morgan fingerprint density at radius 2 is 0.764 bits per heavy atom. The molecule has 0 saturated heterocycles. The van der Waals surface area contributed by atoms with Crippen LogP contribution in [0.1, 0.15) is 44.5 Å². The van der Waals surface area contributed by atoms with Crippen molar-refractivity contribution in [2.75, 3.05) is 4.90 Å². The van der Waals surface area contributed by atoms with Crippen molar-refractivity contribution in [3.8, 4) is 33.4 Å². The molecule has 1 aromatic heterocycles. The molecule has 0 fully saturated rings. The third-order valence-corrected chi connectivity index (χ3v) is 19.5. The minimum atomic E-state index is -0.511. The lowest BCUT2D eigenvalue weighted by molar-refractivity contribution is 0.722. The average Bonchev–Trinajstić information content (AvgIpc) is 4.06. The topological polar surface area (TPSA) is 3.24 Å². The molecule has 12 aromatic rings. The summed E-state index contributed by atoms with van der Waals surface area (Å²) in [6, 6.07) is 94.4. The molecule has 336 valence electrons. The van der Waals surface area contributed by atoms with E-state index in [1.807, 2.05) is 34.9 Å². The molecule has 0 bridgehead atoms. The van der Waals surface area contributed by atoms with Crippen LogP contribution in [0.4, 0.5) is 17.1 Å². The summed E-state index contributed by atoms with van der Waals surface area (Å²) in [6.45, 7) is 0. The zero-order chi connectivity index (χ0) is 47.1. The zero-order valence-corrected chi connectivity index (χ0v) is 41.3. The number of rotatable bonds is 4. The van der Waals surface area contributed by atoms with E-state index in [1.54, 1.807) is 0 Å². The van der Waals surface area contributed by atoms with E-state index in [-0.39, 0.29) is 0 Å². The fourth-order valence-corrected chi connectivity index (χ4v) is 16.7. The van der Waals surface area contributed by atoms with Crippen LogP contribution in [-0.4, -0.2) is 0 Å². The standard InChI is InChI=1S/C68H41NS3/c1-4-19-51-46(16-1)47-38-37-45(41-58(47)68(51)55-23-8-13-30-64(55)72-65-31-14-9-24-56(65)68)69(44-35-32-42(33-36-44)43-34-39-61-50(40-43)48-17-3-10-27-60(48)70-61)59-26-15-25-57-66(59)49-18-2-5-20-52(49)67(57)53-21-6-11-28-62(53)71-63-29-12-7-22-54(63)67/h1-41H. The number of benzene rings is 11. The Bertz CT molecular complexity index is 4170. The van der Waals surface area contributed by atoms with Gasteiger partial charge in [-0.3, -0.25) is 0 Å². The SMILES string of the molecule is c1ccc2c(c1)Sc1ccccc1C21c2ccccc2-c2ccc(N(c3ccc(-c4ccc5sc6ccccc6c5c4)cc3)c3cccc4c3-c3ccccc3C43c4ccccc4Sc4ccccc43)cc21. The Balaban J connectivity index is 0.963. The van der Waals surface area contributed by atoms with E-state index in [1.165, 1.54) is 118 Å². The highest BCUT2D eigenvalue weighted by atomic mass is 32.2. The maximum atomic E-state index is 2.57. The van der Waals surface area contributed by atoms with Gasteiger partial charge in [0.05, 0.1) is 16.5 Å². The van der Waals surface area contributed by atoms with E-state index in [4.69, 9.17) is 0 Å². The summed E-state index contributed by atoms with van der Waals surface area (Å²) in [4.78, 5) is 7.79. The van der Waals surface area contributed by atoms with Crippen LogP contribution < -0.4 is 4.90 Å². The molecular weight excluding hydrogens is 927 g/mol. The van der Waals surface area contributed by atoms with Gasteiger partial charge in [0.2, 0.25) is 0 Å². The summed E-state index contributed by atoms with van der Waals surface area (Å²) in [7, 11) is 0. The first-order valence-electron chi connectivity index (χ1n) is 24.7. The maximum absolute atomic E-state index is 2.57. The van der Waals surface area contributed by atoms with Crippen LogP contribution in [0.25, 0.3) is 53.6 Å². The molecule has 0 saturated carbocycles. The lowest BCUT2D eigenvalue weighted by Crippen LogP contribution is -2.32. The zero-order valence-electron chi connectivity index (χ0n) is 38.8. The van der Waals surface area contributed by atoms with E-state index in [0.717, 1.165) is 17.1 Å². The van der Waals surface area contributed by atoms with Gasteiger partial charge in [-0.1, -0.05) is 199 Å². The van der Waals surface area contributed by atoms with Gasteiger partial charge in [0, 0.05) is 56.7 Å². The molecule has 2 aliphatic carbocycles. The Morgan fingerprint density at radius 3 is 1.42 bits per heavy atom. The fourth-order valence-electron chi connectivity index (χ4n) is 13.2. The number of hydrogen-bond donors (Lipinski definition) is 0. The van der Waals surface area contributed by atoms with Gasteiger partial charge in [0.25, 0.3) is 0 Å². The highest BCUT2D eigenvalue weighted by Crippen LogP contribution is 2.66.